The Kier molecular flexibility index (Phi) is 4.72. The maximum absolute atomic E-state index is 13.2. The van der Waals surface area contributed by atoms with E-state index in [0.717, 1.165) is 69.9 Å². The van der Waals surface area contributed by atoms with Crippen molar-refractivity contribution < 1.29 is 9.53 Å². The molecule has 1 amide bonds. The van der Waals surface area contributed by atoms with Crippen LogP contribution in [0.3, 0.4) is 0 Å². The Labute approximate surface area is 183 Å². The van der Waals surface area contributed by atoms with E-state index in [1.807, 2.05) is 11.0 Å². The molecule has 0 spiro atoms. The predicted octanol–water partition coefficient (Wildman–Crippen LogP) is 3.94. The highest BCUT2D eigenvalue weighted by molar-refractivity contribution is 5.99. The number of aromatic amines is 1. The van der Waals surface area contributed by atoms with Crippen LogP contribution in [0.5, 0.6) is 5.75 Å². The summed E-state index contributed by atoms with van der Waals surface area (Å²) in [6.45, 7) is 5.16. The van der Waals surface area contributed by atoms with Gasteiger partial charge in [0.15, 0.2) is 0 Å². The fourth-order valence-corrected chi connectivity index (χ4v) is 5.43. The number of benzene rings is 2. The van der Waals surface area contributed by atoms with E-state index < -0.39 is 0 Å². The number of ether oxygens (including phenoxy) is 1. The van der Waals surface area contributed by atoms with Gasteiger partial charge in [-0.25, -0.2) is 0 Å². The lowest BCUT2D eigenvalue weighted by Crippen LogP contribution is -2.48. The van der Waals surface area contributed by atoms with Crippen LogP contribution in [0.15, 0.2) is 36.4 Å². The number of amides is 1. The number of aryl methyl sites for hydroxylation is 2. The molecule has 2 aromatic carbocycles. The van der Waals surface area contributed by atoms with Crippen molar-refractivity contribution in [3.63, 3.8) is 0 Å². The third-order valence-electron chi connectivity index (χ3n) is 7.16. The number of aromatic nitrogens is 1. The third-order valence-corrected chi connectivity index (χ3v) is 7.16. The summed E-state index contributed by atoms with van der Waals surface area (Å²) in [5.74, 6) is 1.21. The van der Waals surface area contributed by atoms with Crippen molar-refractivity contribution >= 4 is 16.8 Å². The average molecular weight is 416 g/mol. The van der Waals surface area contributed by atoms with Gasteiger partial charge in [0, 0.05) is 61.3 Å². The van der Waals surface area contributed by atoms with Gasteiger partial charge in [0.1, 0.15) is 5.75 Å². The minimum atomic E-state index is 0.169. The molecular weight excluding hydrogens is 386 g/mol. The molecule has 1 saturated heterocycles. The Morgan fingerprint density at radius 3 is 2.74 bits per heavy atom. The first-order chi connectivity index (χ1) is 15.2. The van der Waals surface area contributed by atoms with Crippen molar-refractivity contribution in [2.75, 3.05) is 32.8 Å². The molecule has 31 heavy (non-hydrogen) atoms. The standard InChI is InChI=1S/C26H29N3O2/c30-26(20-6-7-24-22(16-20)21-3-1-2-4-23(21)27-24)29-12-10-28(11-13-29)17-18-5-8-25-19(15-18)9-14-31-25/h5-8,15-16,27H,1-4,9-14,17H2. The molecule has 0 saturated carbocycles. The SMILES string of the molecule is O=C(c1ccc2[nH]c3c(c2c1)CCCC3)N1CCN(Cc2ccc3c(c2)CCO3)CC1. The van der Waals surface area contributed by atoms with Gasteiger partial charge >= 0.3 is 0 Å². The zero-order valence-electron chi connectivity index (χ0n) is 18.0. The van der Waals surface area contributed by atoms with Gasteiger partial charge in [0.05, 0.1) is 6.61 Å². The predicted molar refractivity (Wildman–Crippen MR) is 122 cm³/mol. The van der Waals surface area contributed by atoms with Crippen LogP contribution in [0.4, 0.5) is 0 Å². The molecule has 3 aliphatic rings. The van der Waals surface area contributed by atoms with Gasteiger partial charge in [-0.3, -0.25) is 9.69 Å². The lowest BCUT2D eigenvalue weighted by Gasteiger charge is -2.35. The minimum absolute atomic E-state index is 0.169. The zero-order chi connectivity index (χ0) is 20.8. The van der Waals surface area contributed by atoms with E-state index in [9.17, 15) is 4.79 Å². The van der Waals surface area contributed by atoms with Crippen LogP contribution in [0.1, 0.15) is 45.6 Å². The minimum Gasteiger partial charge on any atom is -0.493 e. The lowest BCUT2D eigenvalue weighted by molar-refractivity contribution is 0.0628. The Hall–Kier alpha value is -2.79. The van der Waals surface area contributed by atoms with Crippen molar-refractivity contribution in [1.82, 2.24) is 14.8 Å². The second-order valence-electron chi connectivity index (χ2n) is 9.16. The summed E-state index contributed by atoms with van der Waals surface area (Å²) in [7, 11) is 0. The quantitative estimate of drug-likeness (QED) is 0.705. The molecule has 5 nitrogen and oxygen atoms in total. The maximum atomic E-state index is 13.2. The molecule has 1 aromatic heterocycles. The van der Waals surface area contributed by atoms with Gasteiger partial charge in [-0.1, -0.05) is 12.1 Å². The number of rotatable bonds is 3. The van der Waals surface area contributed by atoms with Crippen LogP contribution in [0, 0.1) is 0 Å². The third kappa shape index (κ3) is 3.51. The molecule has 6 rings (SSSR count). The molecule has 0 radical (unpaired) electrons. The van der Waals surface area contributed by atoms with Crippen molar-refractivity contribution in [3.8, 4) is 5.75 Å². The highest BCUT2D eigenvalue weighted by atomic mass is 16.5. The van der Waals surface area contributed by atoms with E-state index in [1.165, 1.54) is 46.1 Å². The number of hydrogen-bond acceptors (Lipinski definition) is 3. The van der Waals surface area contributed by atoms with E-state index in [4.69, 9.17) is 4.74 Å². The summed E-state index contributed by atoms with van der Waals surface area (Å²) in [5.41, 5.74) is 7.47. The monoisotopic (exact) mass is 415 g/mol. The number of carbonyl (C=O) groups is 1. The van der Waals surface area contributed by atoms with Crippen molar-refractivity contribution in [1.29, 1.82) is 0 Å². The molecule has 1 N–H and O–H groups in total. The van der Waals surface area contributed by atoms with Crippen molar-refractivity contribution in [2.24, 2.45) is 0 Å². The van der Waals surface area contributed by atoms with E-state index in [1.54, 1.807) is 0 Å². The maximum Gasteiger partial charge on any atom is 0.253 e. The van der Waals surface area contributed by atoms with Crippen LogP contribution >= 0.6 is 0 Å². The second kappa shape index (κ2) is 7.72. The Balaban J connectivity index is 1.12. The average Bonchev–Trinajstić information content (AvgIpc) is 3.42. The summed E-state index contributed by atoms with van der Waals surface area (Å²) in [5, 5.41) is 1.25. The lowest BCUT2D eigenvalue weighted by atomic mass is 9.95. The van der Waals surface area contributed by atoms with Gasteiger partial charge in [0.25, 0.3) is 5.91 Å². The number of nitrogens with zero attached hydrogens (tertiary/aromatic N) is 2. The molecule has 1 aliphatic carbocycles. The molecule has 2 aliphatic heterocycles. The van der Waals surface area contributed by atoms with Crippen molar-refractivity contribution in [2.45, 2.75) is 38.6 Å². The van der Waals surface area contributed by atoms with Crippen LogP contribution in [0.2, 0.25) is 0 Å². The topological polar surface area (TPSA) is 48.6 Å². The fourth-order valence-electron chi connectivity index (χ4n) is 5.43. The largest absolute Gasteiger partial charge is 0.493 e. The smallest absolute Gasteiger partial charge is 0.253 e. The Morgan fingerprint density at radius 1 is 0.968 bits per heavy atom. The molecule has 160 valence electrons. The van der Waals surface area contributed by atoms with E-state index in [2.05, 4.69) is 40.2 Å². The highest BCUT2D eigenvalue weighted by Gasteiger charge is 2.24. The van der Waals surface area contributed by atoms with E-state index in [0.29, 0.717) is 0 Å². The summed E-state index contributed by atoms with van der Waals surface area (Å²) in [6.07, 6.45) is 5.78. The second-order valence-corrected chi connectivity index (χ2v) is 9.16. The van der Waals surface area contributed by atoms with Gasteiger partial charge in [-0.15, -0.1) is 0 Å². The Morgan fingerprint density at radius 2 is 1.84 bits per heavy atom. The van der Waals surface area contributed by atoms with Gasteiger partial charge in [-0.2, -0.15) is 0 Å². The van der Waals surface area contributed by atoms with Crippen LogP contribution in [-0.4, -0.2) is 53.5 Å². The Bertz CT molecular complexity index is 1140. The molecule has 0 bridgehead atoms. The van der Waals surface area contributed by atoms with Crippen molar-refractivity contribution in [3.05, 3.63) is 64.3 Å². The summed E-state index contributed by atoms with van der Waals surface area (Å²) < 4.78 is 5.62. The number of fused-ring (bicyclic) bond motifs is 4. The molecule has 1 fully saturated rings. The molecule has 3 heterocycles. The molecular formula is C26H29N3O2. The van der Waals surface area contributed by atoms with Crippen LogP contribution in [-0.2, 0) is 25.8 Å². The van der Waals surface area contributed by atoms with Gasteiger partial charge in [0.2, 0.25) is 0 Å². The van der Waals surface area contributed by atoms with E-state index >= 15 is 0 Å². The number of hydrogen-bond donors (Lipinski definition) is 1. The number of H-pyrrole nitrogens is 1. The van der Waals surface area contributed by atoms with E-state index in [-0.39, 0.29) is 5.91 Å². The molecule has 3 aromatic rings. The van der Waals surface area contributed by atoms with Crippen LogP contribution in [0.25, 0.3) is 10.9 Å². The summed E-state index contributed by atoms with van der Waals surface area (Å²) >= 11 is 0. The molecule has 5 heteroatoms. The van der Waals surface area contributed by atoms with Gasteiger partial charge in [-0.05, 0) is 66.6 Å². The summed E-state index contributed by atoms with van der Waals surface area (Å²) in [4.78, 5) is 21.2. The normalized spacial score (nSPS) is 18.6. The number of piperazine rings is 1. The van der Waals surface area contributed by atoms with Crippen LogP contribution < -0.4 is 4.74 Å². The summed E-state index contributed by atoms with van der Waals surface area (Å²) in [6, 6.07) is 12.8. The first-order valence-electron chi connectivity index (χ1n) is 11.6. The first kappa shape index (κ1) is 18.9. The fraction of sp³-hybridized carbons (Fsp3) is 0.423. The highest BCUT2D eigenvalue weighted by Crippen LogP contribution is 2.30. The zero-order valence-corrected chi connectivity index (χ0v) is 18.0. The van der Waals surface area contributed by atoms with Gasteiger partial charge < -0.3 is 14.6 Å². The first-order valence-corrected chi connectivity index (χ1v) is 11.6. The molecule has 0 unspecified atom stereocenters. The number of nitrogens with one attached hydrogen (secondary N) is 1. The number of carbonyl (C=O) groups excluding carboxylic acids is 1. The molecule has 0 atom stereocenters.